The first-order valence-electron chi connectivity index (χ1n) is 11.4. The smallest absolute Gasteiger partial charge is 0.246 e. The maximum atomic E-state index is 12.9. The summed E-state index contributed by atoms with van der Waals surface area (Å²) in [6.45, 7) is 7.99. The van der Waals surface area contributed by atoms with Gasteiger partial charge in [-0.25, -0.2) is 4.98 Å². The van der Waals surface area contributed by atoms with E-state index in [4.69, 9.17) is 9.15 Å². The van der Waals surface area contributed by atoms with E-state index in [1.165, 1.54) is 16.9 Å². The lowest BCUT2D eigenvalue weighted by atomic mass is 9.94. The molecule has 0 unspecified atom stereocenters. The third-order valence-electron chi connectivity index (χ3n) is 6.34. The summed E-state index contributed by atoms with van der Waals surface area (Å²) in [6, 6.07) is 1.58. The summed E-state index contributed by atoms with van der Waals surface area (Å²) < 4.78 is 12.0. The molecule has 1 aliphatic heterocycles. The van der Waals surface area contributed by atoms with Crippen LogP contribution in [-0.4, -0.2) is 35.4 Å². The number of anilines is 1. The van der Waals surface area contributed by atoms with Crippen LogP contribution in [0.1, 0.15) is 63.5 Å². The highest BCUT2D eigenvalue weighted by Crippen LogP contribution is 2.31. The molecule has 0 saturated carbocycles. The number of fused-ring (bicyclic) bond motifs is 2. The minimum atomic E-state index is -0.649. The van der Waals surface area contributed by atoms with Crippen molar-refractivity contribution >= 4 is 35.9 Å². The minimum Gasteiger partial charge on any atom is -0.489 e. The maximum Gasteiger partial charge on any atom is 0.246 e. The molecular weight excluding hydrogens is 418 g/mol. The molecule has 0 saturated heterocycles. The van der Waals surface area contributed by atoms with E-state index in [1.54, 1.807) is 30.3 Å². The van der Waals surface area contributed by atoms with Crippen molar-refractivity contribution in [3.63, 3.8) is 0 Å². The molecule has 2 aromatic heterocycles. The van der Waals surface area contributed by atoms with Gasteiger partial charge in [0.25, 0.3) is 0 Å². The Balaban J connectivity index is 1.51. The highest BCUT2D eigenvalue weighted by molar-refractivity contribution is 5.96. The van der Waals surface area contributed by atoms with Crippen LogP contribution < -0.4 is 20.7 Å². The Hall–Kier alpha value is -3.35. The molecule has 1 aliphatic carbocycles. The second-order valence-electron chi connectivity index (χ2n) is 9.26. The largest absolute Gasteiger partial charge is 0.489 e. The topological polar surface area (TPSA) is 84.7 Å². The zero-order chi connectivity index (χ0) is 23.8. The molecule has 0 aromatic carbocycles. The van der Waals surface area contributed by atoms with Gasteiger partial charge in [0.1, 0.15) is 17.8 Å². The zero-order valence-electron chi connectivity index (χ0n) is 19.9. The Labute approximate surface area is 193 Å². The number of aromatic nitrogens is 1. The van der Waals surface area contributed by atoms with Gasteiger partial charge >= 0.3 is 0 Å². The van der Waals surface area contributed by atoms with Crippen molar-refractivity contribution in [1.29, 1.82) is 0 Å². The molecule has 7 heteroatoms. The lowest BCUT2D eigenvalue weighted by Gasteiger charge is -2.23. The fourth-order valence-corrected chi connectivity index (χ4v) is 4.04. The molecule has 0 spiro atoms. The number of nitrogens with zero attached hydrogens (tertiary/aromatic N) is 2. The first kappa shape index (κ1) is 22.8. The third kappa shape index (κ3) is 4.45. The summed E-state index contributed by atoms with van der Waals surface area (Å²) in [6.07, 6.45) is 12.0. The number of amides is 2. The van der Waals surface area contributed by atoms with Crippen molar-refractivity contribution in [3.8, 4) is 5.75 Å². The van der Waals surface area contributed by atoms with Gasteiger partial charge in [0, 0.05) is 30.1 Å². The lowest BCUT2D eigenvalue weighted by Crippen LogP contribution is -2.33. The summed E-state index contributed by atoms with van der Waals surface area (Å²) in [5.41, 5.74) is 2.16. The average molecular weight is 450 g/mol. The number of nitrogens with one attached hydrogen (secondary N) is 1. The van der Waals surface area contributed by atoms with Gasteiger partial charge in [-0.3, -0.25) is 9.59 Å². The number of hydrogen-bond donors (Lipinski definition) is 1. The molecule has 4 rings (SSSR count). The Morgan fingerprint density at radius 2 is 2.09 bits per heavy atom. The predicted octanol–water partition coefficient (Wildman–Crippen LogP) is 3.18. The van der Waals surface area contributed by atoms with Gasteiger partial charge in [-0.15, -0.1) is 0 Å². The minimum absolute atomic E-state index is 0.135. The maximum absolute atomic E-state index is 12.9. The summed E-state index contributed by atoms with van der Waals surface area (Å²) in [7, 11) is 1.78. The van der Waals surface area contributed by atoms with Crippen LogP contribution in [0, 0.1) is 5.41 Å². The van der Waals surface area contributed by atoms with Crippen molar-refractivity contribution < 1.29 is 18.7 Å². The fraction of sp³-hybridized carbons (Fsp3) is 0.423. The molecule has 33 heavy (non-hydrogen) atoms. The lowest BCUT2D eigenvalue weighted by molar-refractivity contribution is -0.127. The van der Waals surface area contributed by atoms with Crippen LogP contribution in [0.4, 0.5) is 5.82 Å². The van der Waals surface area contributed by atoms with Gasteiger partial charge in [-0.2, -0.15) is 0 Å². The normalized spacial score (nSPS) is 17.5. The van der Waals surface area contributed by atoms with E-state index in [1.807, 2.05) is 20.8 Å². The molecule has 2 amide bonds. The number of carbonyl (C=O) groups is 2. The van der Waals surface area contributed by atoms with Crippen LogP contribution in [0.5, 0.6) is 5.75 Å². The Kier molecular flexibility index (Phi) is 6.15. The van der Waals surface area contributed by atoms with Gasteiger partial charge in [0.05, 0.1) is 11.5 Å². The van der Waals surface area contributed by atoms with Crippen LogP contribution >= 0.6 is 0 Å². The average Bonchev–Trinajstić information content (AvgIpc) is 3.14. The number of likely N-dealkylation sites (N-methyl/N-ethyl adjacent to an activating group) is 1. The van der Waals surface area contributed by atoms with Crippen LogP contribution in [0.3, 0.4) is 0 Å². The van der Waals surface area contributed by atoms with Crippen LogP contribution in [0.25, 0.3) is 18.2 Å². The standard InChI is InChI=1S/C26H31N3O4/c1-6-18-19-9-7-8-10-20(19)33-23(18)16(2)29(5)22(30)12-11-17-13-21-24(27-14-17)28-25(31)26(3,4)15-32-21/h9-14,16H,6-8,15H2,1-5H3,(H,27,28,31)/b12-11+/t16-/m1/s1. The summed E-state index contributed by atoms with van der Waals surface area (Å²) in [5, 5.41) is 3.97. The van der Waals surface area contributed by atoms with Gasteiger partial charge in [-0.05, 0) is 63.8 Å². The van der Waals surface area contributed by atoms with Gasteiger partial charge < -0.3 is 19.4 Å². The molecular formula is C26H31N3O4. The van der Waals surface area contributed by atoms with E-state index in [0.717, 1.165) is 30.4 Å². The van der Waals surface area contributed by atoms with E-state index >= 15 is 0 Å². The van der Waals surface area contributed by atoms with E-state index in [0.29, 0.717) is 17.1 Å². The molecule has 174 valence electrons. The Bertz CT molecular complexity index is 1240. The molecule has 0 radical (unpaired) electrons. The Morgan fingerprint density at radius 1 is 1.33 bits per heavy atom. The number of pyridine rings is 1. The molecule has 0 fully saturated rings. The molecule has 1 N–H and O–H groups in total. The SMILES string of the molecule is CCc1c([C@@H](C)N(C)C(=O)/C=C/c2cnc3c(c2)OCC(C)(C)C(=O)N3)oc2c1=CCCC=2. The van der Waals surface area contributed by atoms with Crippen molar-refractivity contribution in [2.75, 3.05) is 19.0 Å². The highest BCUT2D eigenvalue weighted by atomic mass is 16.5. The predicted molar refractivity (Wildman–Crippen MR) is 128 cm³/mol. The Morgan fingerprint density at radius 3 is 2.85 bits per heavy atom. The van der Waals surface area contributed by atoms with Crippen molar-refractivity contribution in [1.82, 2.24) is 9.88 Å². The van der Waals surface area contributed by atoms with Gasteiger partial charge in [0.2, 0.25) is 11.8 Å². The van der Waals surface area contributed by atoms with E-state index in [-0.39, 0.29) is 24.5 Å². The molecule has 0 bridgehead atoms. The molecule has 2 aliphatic rings. The van der Waals surface area contributed by atoms with E-state index < -0.39 is 5.41 Å². The van der Waals surface area contributed by atoms with Crippen molar-refractivity contribution in [3.05, 3.63) is 45.9 Å². The zero-order valence-corrected chi connectivity index (χ0v) is 19.9. The van der Waals surface area contributed by atoms with Crippen molar-refractivity contribution in [2.24, 2.45) is 5.41 Å². The second kappa shape index (κ2) is 8.89. The van der Waals surface area contributed by atoms with Gasteiger partial charge in [0.15, 0.2) is 11.6 Å². The number of ether oxygens (including phenoxy) is 1. The second-order valence-corrected chi connectivity index (χ2v) is 9.26. The van der Waals surface area contributed by atoms with E-state index in [2.05, 4.69) is 29.4 Å². The van der Waals surface area contributed by atoms with Crippen molar-refractivity contribution in [2.45, 2.75) is 53.0 Å². The number of furan rings is 1. The summed E-state index contributed by atoms with van der Waals surface area (Å²) in [4.78, 5) is 31.2. The quantitative estimate of drug-likeness (QED) is 0.709. The highest BCUT2D eigenvalue weighted by Gasteiger charge is 2.33. The molecule has 3 heterocycles. The fourth-order valence-electron chi connectivity index (χ4n) is 4.04. The first-order chi connectivity index (χ1) is 15.7. The third-order valence-corrected chi connectivity index (χ3v) is 6.34. The van der Waals surface area contributed by atoms with E-state index in [9.17, 15) is 9.59 Å². The van der Waals surface area contributed by atoms with Gasteiger partial charge in [-0.1, -0.05) is 13.0 Å². The molecule has 7 nitrogen and oxygen atoms in total. The number of rotatable bonds is 5. The van der Waals surface area contributed by atoms with Crippen LogP contribution in [0.2, 0.25) is 0 Å². The molecule has 2 aromatic rings. The summed E-state index contributed by atoms with van der Waals surface area (Å²) >= 11 is 0. The number of hydrogen-bond acceptors (Lipinski definition) is 5. The monoisotopic (exact) mass is 449 g/mol. The number of carbonyl (C=O) groups excluding carboxylic acids is 2. The summed E-state index contributed by atoms with van der Waals surface area (Å²) in [5.74, 6) is 1.45. The van der Waals surface area contributed by atoms with Crippen LogP contribution in [-0.2, 0) is 16.0 Å². The van der Waals surface area contributed by atoms with Crippen LogP contribution in [0.15, 0.2) is 22.8 Å². The molecule has 1 atom stereocenters. The first-order valence-corrected chi connectivity index (χ1v) is 11.4.